The highest BCUT2D eigenvalue weighted by Crippen LogP contribution is 2.18. The summed E-state index contributed by atoms with van der Waals surface area (Å²) in [5.41, 5.74) is 3.73. The first-order valence-corrected chi connectivity index (χ1v) is 7.60. The molecule has 0 amide bonds. The maximum absolute atomic E-state index is 8.54. The van der Waals surface area contributed by atoms with Crippen LogP contribution in [0.25, 0.3) is 0 Å². The highest BCUT2D eigenvalue weighted by Gasteiger charge is 2.07. The highest BCUT2D eigenvalue weighted by molar-refractivity contribution is 5.49. The molecule has 2 aromatic rings. The SMILES string of the molecule is Cc1cccc(N(CCOCCC#N)Cc2ccccc2)c1. The molecular formula is C19H22N2O. The molecule has 0 bridgehead atoms. The molecule has 22 heavy (non-hydrogen) atoms. The summed E-state index contributed by atoms with van der Waals surface area (Å²) < 4.78 is 5.53. The number of nitrogens with zero attached hydrogens (tertiary/aromatic N) is 2. The van der Waals surface area contributed by atoms with Gasteiger partial charge in [0.2, 0.25) is 0 Å². The summed E-state index contributed by atoms with van der Waals surface area (Å²) in [5.74, 6) is 0. The van der Waals surface area contributed by atoms with Crippen LogP contribution in [0, 0.1) is 18.3 Å². The summed E-state index contributed by atoms with van der Waals surface area (Å²) in [6.07, 6.45) is 0.448. The van der Waals surface area contributed by atoms with Crippen LogP contribution in [0.1, 0.15) is 17.5 Å². The van der Waals surface area contributed by atoms with E-state index >= 15 is 0 Å². The third-order valence-corrected chi connectivity index (χ3v) is 3.45. The molecule has 0 spiro atoms. The van der Waals surface area contributed by atoms with Gasteiger partial charge in [0.25, 0.3) is 0 Å². The zero-order valence-electron chi connectivity index (χ0n) is 13.0. The Morgan fingerprint density at radius 3 is 2.59 bits per heavy atom. The molecule has 0 saturated heterocycles. The molecule has 0 radical (unpaired) electrons. The fourth-order valence-electron chi connectivity index (χ4n) is 2.32. The Morgan fingerprint density at radius 2 is 1.86 bits per heavy atom. The first-order valence-electron chi connectivity index (χ1n) is 7.60. The predicted molar refractivity (Wildman–Crippen MR) is 89.7 cm³/mol. The molecule has 2 rings (SSSR count). The van der Waals surface area contributed by atoms with Crippen LogP contribution in [-0.4, -0.2) is 19.8 Å². The van der Waals surface area contributed by atoms with Crippen LogP contribution in [0.2, 0.25) is 0 Å². The van der Waals surface area contributed by atoms with Crippen molar-refractivity contribution in [3.63, 3.8) is 0 Å². The van der Waals surface area contributed by atoms with Crippen LogP contribution in [-0.2, 0) is 11.3 Å². The topological polar surface area (TPSA) is 36.3 Å². The van der Waals surface area contributed by atoms with Crippen molar-refractivity contribution in [2.45, 2.75) is 19.9 Å². The highest BCUT2D eigenvalue weighted by atomic mass is 16.5. The zero-order valence-corrected chi connectivity index (χ0v) is 13.0. The summed E-state index contributed by atoms with van der Waals surface area (Å²) in [7, 11) is 0. The van der Waals surface area contributed by atoms with E-state index in [2.05, 4.69) is 66.4 Å². The van der Waals surface area contributed by atoms with Gasteiger partial charge < -0.3 is 9.64 Å². The lowest BCUT2D eigenvalue weighted by Crippen LogP contribution is -2.27. The molecule has 2 aromatic carbocycles. The number of rotatable bonds is 8. The largest absolute Gasteiger partial charge is 0.379 e. The van der Waals surface area contributed by atoms with Gasteiger partial charge >= 0.3 is 0 Å². The van der Waals surface area contributed by atoms with Gasteiger partial charge in [0.05, 0.1) is 25.7 Å². The summed E-state index contributed by atoms with van der Waals surface area (Å²) in [4.78, 5) is 2.31. The van der Waals surface area contributed by atoms with Gasteiger partial charge in [0.15, 0.2) is 0 Å². The number of anilines is 1. The third kappa shape index (κ3) is 5.23. The normalized spacial score (nSPS) is 10.2. The van der Waals surface area contributed by atoms with Gasteiger partial charge in [0.1, 0.15) is 0 Å². The molecule has 0 aliphatic carbocycles. The van der Waals surface area contributed by atoms with Gasteiger partial charge in [-0.25, -0.2) is 0 Å². The molecule has 0 aromatic heterocycles. The lowest BCUT2D eigenvalue weighted by molar-refractivity contribution is 0.145. The van der Waals surface area contributed by atoms with E-state index < -0.39 is 0 Å². The molecule has 0 atom stereocenters. The first-order chi connectivity index (χ1) is 10.8. The Morgan fingerprint density at radius 1 is 1.05 bits per heavy atom. The zero-order chi connectivity index (χ0) is 15.6. The maximum Gasteiger partial charge on any atom is 0.0645 e. The van der Waals surface area contributed by atoms with Crippen molar-refractivity contribution >= 4 is 5.69 Å². The van der Waals surface area contributed by atoms with E-state index in [-0.39, 0.29) is 0 Å². The molecule has 0 heterocycles. The number of benzene rings is 2. The average molecular weight is 294 g/mol. The lowest BCUT2D eigenvalue weighted by Gasteiger charge is -2.25. The molecule has 0 unspecified atom stereocenters. The molecule has 0 fully saturated rings. The average Bonchev–Trinajstić information content (AvgIpc) is 2.54. The van der Waals surface area contributed by atoms with E-state index in [0.717, 1.165) is 13.1 Å². The van der Waals surface area contributed by atoms with E-state index in [9.17, 15) is 0 Å². The Balaban J connectivity index is 2.02. The van der Waals surface area contributed by atoms with Crippen LogP contribution in [0.3, 0.4) is 0 Å². The van der Waals surface area contributed by atoms with E-state index in [1.807, 2.05) is 6.07 Å². The Kier molecular flexibility index (Phi) is 6.47. The first kappa shape index (κ1) is 16.1. The van der Waals surface area contributed by atoms with Crippen LogP contribution >= 0.6 is 0 Å². The van der Waals surface area contributed by atoms with Gasteiger partial charge in [-0.2, -0.15) is 5.26 Å². The quantitative estimate of drug-likeness (QED) is 0.692. The Labute approximate surface area is 132 Å². The van der Waals surface area contributed by atoms with Gasteiger partial charge in [-0.3, -0.25) is 0 Å². The molecule has 0 aliphatic heterocycles. The molecular weight excluding hydrogens is 272 g/mol. The number of hydrogen-bond donors (Lipinski definition) is 0. The second-order valence-corrected chi connectivity index (χ2v) is 5.27. The summed E-state index contributed by atoms with van der Waals surface area (Å²) in [6, 6.07) is 21.0. The van der Waals surface area contributed by atoms with Crippen molar-refractivity contribution in [3.8, 4) is 6.07 Å². The van der Waals surface area contributed by atoms with E-state index in [4.69, 9.17) is 10.00 Å². The van der Waals surface area contributed by atoms with Gasteiger partial charge in [0, 0.05) is 18.8 Å². The fourth-order valence-corrected chi connectivity index (χ4v) is 2.32. The van der Waals surface area contributed by atoms with Crippen molar-refractivity contribution in [1.29, 1.82) is 5.26 Å². The van der Waals surface area contributed by atoms with Crippen molar-refractivity contribution in [2.75, 3.05) is 24.7 Å². The molecule has 0 saturated carbocycles. The van der Waals surface area contributed by atoms with Gasteiger partial charge in [-0.05, 0) is 30.2 Å². The summed E-state index contributed by atoms with van der Waals surface area (Å²) in [6.45, 7) is 4.90. The lowest BCUT2D eigenvalue weighted by atomic mass is 10.1. The maximum atomic E-state index is 8.54. The van der Waals surface area contributed by atoms with Crippen LogP contribution in [0.15, 0.2) is 54.6 Å². The number of nitriles is 1. The third-order valence-electron chi connectivity index (χ3n) is 3.45. The Hall–Kier alpha value is -2.31. The van der Waals surface area contributed by atoms with Gasteiger partial charge in [-0.1, -0.05) is 42.5 Å². The molecule has 114 valence electrons. The van der Waals surface area contributed by atoms with Crippen molar-refractivity contribution < 1.29 is 4.74 Å². The van der Waals surface area contributed by atoms with Gasteiger partial charge in [-0.15, -0.1) is 0 Å². The number of ether oxygens (including phenoxy) is 1. The van der Waals surface area contributed by atoms with Crippen LogP contribution in [0.5, 0.6) is 0 Å². The van der Waals surface area contributed by atoms with Crippen LogP contribution in [0.4, 0.5) is 5.69 Å². The minimum Gasteiger partial charge on any atom is -0.379 e. The molecule has 0 N–H and O–H groups in total. The standard InChI is InChI=1S/C19H22N2O/c1-17-7-5-10-19(15-17)21(12-14-22-13-6-11-20)16-18-8-3-2-4-9-18/h2-5,7-10,15H,6,12-14,16H2,1H3. The Bertz CT molecular complexity index is 604. The van der Waals surface area contributed by atoms with E-state index in [0.29, 0.717) is 19.6 Å². The minimum atomic E-state index is 0.448. The van der Waals surface area contributed by atoms with Crippen molar-refractivity contribution in [3.05, 3.63) is 65.7 Å². The molecule has 3 heteroatoms. The second kappa shape index (κ2) is 8.86. The number of hydrogen-bond acceptors (Lipinski definition) is 3. The van der Waals surface area contributed by atoms with Crippen molar-refractivity contribution in [2.24, 2.45) is 0 Å². The monoisotopic (exact) mass is 294 g/mol. The summed E-state index contributed by atoms with van der Waals surface area (Å²) in [5, 5.41) is 8.54. The number of aryl methyl sites for hydroxylation is 1. The van der Waals surface area contributed by atoms with E-state index in [1.165, 1.54) is 16.8 Å². The smallest absolute Gasteiger partial charge is 0.0645 e. The fraction of sp³-hybridized carbons (Fsp3) is 0.316. The minimum absolute atomic E-state index is 0.448. The summed E-state index contributed by atoms with van der Waals surface area (Å²) >= 11 is 0. The molecule has 3 nitrogen and oxygen atoms in total. The predicted octanol–water partition coefficient (Wildman–Crippen LogP) is 3.93. The van der Waals surface area contributed by atoms with Crippen LogP contribution < -0.4 is 4.90 Å². The second-order valence-electron chi connectivity index (χ2n) is 5.27. The molecule has 0 aliphatic rings. The van der Waals surface area contributed by atoms with Crippen molar-refractivity contribution in [1.82, 2.24) is 0 Å². The van der Waals surface area contributed by atoms with E-state index in [1.54, 1.807) is 0 Å².